The monoisotopic (exact) mass is 544 g/mol. The van der Waals surface area contributed by atoms with Gasteiger partial charge in [-0.3, -0.25) is 9.59 Å². The van der Waals surface area contributed by atoms with Gasteiger partial charge < -0.3 is 19.9 Å². The number of nitrogens with zero attached hydrogens (tertiary/aromatic N) is 5. The number of pyridine rings is 1. The van der Waals surface area contributed by atoms with Crippen molar-refractivity contribution in [1.29, 1.82) is 0 Å². The summed E-state index contributed by atoms with van der Waals surface area (Å²) in [6.07, 6.45) is 4.46. The Labute approximate surface area is 237 Å². The van der Waals surface area contributed by atoms with Gasteiger partial charge in [-0.25, -0.2) is 15.0 Å². The molecule has 1 amide bonds. The van der Waals surface area contributed by atoms with Crippen LogP contribution in [0.4, 0.5) is 17.3 Å². The van der Waals surface area contributed by atoms with E-state index in [4.69, 9.17) is 9.72 Å². The average Bonchev–Trinajstić information content (AvgIpc) is 2.92. The Bertz CT molecular complexity index is 1370. The van der Waals surface area contributed by atoms with Crippen molar-refractivity contribution in [2.24, 2.45) is 0 Å². The zero-order valence-corrected chi connectivity index (χ0v) is 24.6. The molecular formula is C31H40N6O3. The number of hydrogen-bond donors (Lipinski definition) is 1. The molecule has 1 aliphatic heterocycles. The van der Waals surface area contributed by atoms with Crippen LogP contribution in [-0.2, 0) is 22.4 Å². The van der Waals surface area contributed by atoms with Gasteiger partial charge in [0.2, 0.25) is 0 Å². The average molecular weight is 545 g/mol. The number of piperazine rings is 1. The summed E-state index contributed by atoms with van der Waals surface area (Å²) in [5.41, 5.74) is 4.94. The number of benzene rings is 1. The third-order valence-electron chi connectivity index (χ3n) is 7.41. The van der Waals surface area contributed by atoms with Crippen molar-refractivity contribution in [1.82, 2.24) is 19.9 Å². The molecule has 0 spiro atoms. The number of aryl methyl sites for hydroxylation is 2. The van der Waals surface area contributed by atoms with Gasteiger partial charge in [-0.15, -0.1) is 0 Å². The number of rotatable bonds is 8. The Kier molecular flexibility index (Phi) is 8.71. The first-order valence-corrected chi connectivity index (χ1v) is 13.8. The van der Waals surface area contributed by atoms with Crippen LogP contribution in [0.1, 0.15) is 73.4 Å². The van der Waals surface area contributed by atoms with Crippen molar-refractivity contribution in [2.45, 2.75) is 65.8 Å². The number of aromatic nitrogens is 3. The van der Waals surface area contributed by atoms with E-state index in [-0.39, 0.29) is 24.2 Å². The summed E-state index contributed by atoms with van der Waals surface area (Å²) in [7, 11) is 1.38. The van der Waals surface area contributed by atoms with Gasteiger partial charge >= 0.3 is 5.97 Å². The minimum atomic E-state index is -0.461. The molecule has 0 aliphatic carbocycles. The lowest BCUT2D eigenvalue weighted by Crippen LogP contribution is -2.61. The van der Waals surface area contributed by atoms with Gasteiger partial charge in [0.1, 0.15) is 11.5 Å². The first-order chi connectivity index (χ1) is 19.0. The molecule has 1 fully saturated rings. The normalized spacial score (nSPS) is 14.8. The molecule has 1 N–H and O–H groups in total. The molecule has 9 heteroatoms. The van der Waals surface area contributed by atoms with E-state index in [9.17, 15) is 9.59 Å². The molecule has 0 unspecified atom stereocenters. The predicted octanol–water partition coefficient (Wildman–Crippen LogP) is 5.07. The second-order valence-corrected chi connectivity index (χ2v) is 11.2. The highest BCUT2D eigenvalue weighted by molar-refractivity contribution is 5.93. The third-order valence-corrected chi connectivity index (χ3v) is 7.41. The van der Waals surface area contributed by atoms with Crippen LogP contribution < -0.4 is 10.2 Å². The molecule has 3 aromatic rings. The maximum atomic E-state index is 13.7. The van der Waals surface area contributed by atoms with Gasteiger partial charge in [-0.1, -0.05) is 32.9 Å². The minimum Gasteiger partial charge on any atom is -0.469 e. The summed E-state index contributed by atoms with van der Waals surface area (Å²) in [6.45, 7) is 14.3. The second kappa shape index (κ2) is 12.0. The number of nitrogens with one attached hydrogen (secondary N) is 1. The van der Waals surface area contributed by atoms with E-state index < -0.39 is 5.54 Å². The molecular weight excluding hydrogens is 504 g/mol. The molecule has 1 aromatic carbocycles. The fraction of sp³-hybridized carbons (Fsp3) is 0.452. The molecule has 0 bridgehead atoms. The highest BCUT2D eigenvalue weighted by Crippen LogP contribution is 2.29. The molecule has 1 saturated heterocycles. The van der Waals surface area contributed by atoms with Gasteiger partial charge in [0.15, 0.2) is 5.82 Å². The van der Waals surface area contributed by atoms with Gasteiger partial charge in [-0.2, -0.15) is 0 Å². The molecule has 0 radical (unpaired) electrons. The minimum absolute atomic E-state index is 0.0804. The predicted molar refractivity (Wildman–Crippen MR) is 157 cm³/mol. The first-order valence-electron chi connectivity index (χ1n) is 13.8. The van der Waals surface area contributed by atoms with Gasteiger partial charge in [0.25, 0.3) is 5.91 Å². The molecule has 9 nitrogen and oxygen atoms in total. The van der Waals surface area contributed by atoms with Crippen LogP contribution in [0.15, 0.2) is 42.7 Å². The van der Waals surface area contributed by atoms with E-state index in [2.05, 4.69) is 79.9 Å². The number of methoxy groups -OCH3 is 1. The molecule has 0 saturated carbocycles. The Morgan fingerprint density at radius 2 is 1.88 bits per heavy atom. The summed E-state index contributed by atoms with van der Waals surface area (Å²) in [6, 6.07) is 10.1. The molecule has 3 heterocycles. The standard InChI is InChI=1S/C31H40N6O3/c1-8-23-10-11-24(15-21(23)4)34-29-28(20(2)3)35-25(18-33-29)30(39)37-14-13-36(19-31(37,5)6)26-12-9-22(17-32-26)16-27(38)40-7/h9-12,15,17-18,20H,8,13-14,16,19H2,1-7H3,(H,33,34). The zero-order chi connectivity index (χ0) is 29.0. The summed E-state index contributed by atoms with van der Waals surface area (Å²) >= 11 is 0. The summed E-state index contributed by atoms with van der Waals surface area (Å²) < 4.78 is 4.74. The Morgan fingerprint density at radius 1 is 1.10 bits per heavy atom. The SMILES string of the molecule is CCc1ccc(Nc2ncc(C(=O)N3CCN(c4ccc(CC(=O)OC)cn4)CC3(C)C)nc2C(C)C)cc1C. The first kappa shape index (κ1) is 29.0. The largest absolute Gasteiger partial charge is 0.469 e. The maximum absolute atomic E-state index is 13.7. The number of hydrogen-bond acceptors (Lipinski definition) is 8. The van der Waals surface area contributed by atoms with Crippen LogP contribution in [0.2, 0.25) is 0 Å². The Hall–Kier alpha value is -4.01. The van der Waals surface area contributed by atoms with Crippen molar-refractivity contribution < 1.29 is 14.3 Å². The Balaban J connectivity index is 1.49. The van der Waals surface area contributed by atoms with E-state index in [0.717, 1.165) is 29.2 Å². The smallest absolute Gasteiger partial charge is 0.310 e. The zero-order valence-electron chi connectivity index (χ0n) is 24.6. The van der Waals surface area contributed by atoms with Gasteiger partial charge in [-0.05, 0) is 68.0 Å². The number of esters is 1. The summed E-state index contributed by atoms with van der Waals surface area (Å²) in [4.78, 5) is 43.3. The molecule has 0 atom stereocenters. The summed E-state index contributed by atoms with van der Waals surface area (Å²) in [5, 5.41) is 3.41. The molecule has 4 rings (SSSR count). The number of amides is 1. The lowest BCUT2D eigenvalue weighted by molar-refractivity contribution is -0.139. The van der Waals surface area contributed by atoms with Crippen molar-refractivity contribution in [3.63, 3.8) is 0 Å². The quantitative estimate of drug-likeness (QED) is 0.393. The van der Waals surface area contributed by atoms with Crippen LogP contribution in [0.25, 0.3) is 0 Å². The topological polar surface area (TPSA) is 101 Å². The lowest BCUT2D eigenvalue weighted by atomic mass is 9.98. The summed E-state index contributed by atoms with van der Waals surface area (Å²) in [5.74, 6) is 1.14. The number of ether oxygens (including phenoxy) is 1. The van der Waals surface area contributed by atoms with Crippen LogP contribution in [0, 0.1) is 6.92 Å². The number of anilines is 3. The van der Waals surface area contributed by atoms with Crippen LogP contribution in [0.3, 0.4) is 0 Å². The van der Waals surface area contributed by atoms with Crippen molar-refractivity contribution in [3.05, 3.63) is 70.8 Å². The van der Waals surface area contributed by atoms with Crippen molar-refractivity contribution in [3.8, 4) is 0 Å². The second-order valence-electron chi connectivity index (χ2n) is 11.2. The Morgan fingerprint density at radius 3 is 2.48 bits per heavy atom. The lowest BCUT2D eigenvalue weighted by Gasteiger charge is -2.47. The van der Waals surface area contributed by atoms with Crippen molar-refractivity contribution in [2.75, 3.05) is 37.0 Å². The van der Waals surface area contributed by atoms with E-state index >= 15 is 0 Å². The van der Waals surface area contributed by atoms with E-state index in [1.807, 2.05) is 17.0 Å². The molecule has 212 valence electrons. The fourth-order valence-corrected chi connectivity index (χ4v) is 5.12. The van der Waals surface area contributed by atoms with Gasteiger partial charge in [0, 0.05) is 31.5 Å². The molecule has 2 aromatic heterocycles. The van der Waals surface area contributed by atoms with Crippen molar-refractivity contribution >= 4 is 29.2 Å². The van der Waals surface area contributed by atoms with E-state index in [0.29, 0.717) is 31.1 Å². The van der Waals surface area contributed by atoms with Gasteiger partial charge in [0.05, 0.1) is 31.0 Å². The maximum Gasteiger partial charge on any atom is 0.310 e. The fourth-order valence-electron chi connectivity index (χ4n) is 5.12. The highest BCUT2D eigenvalue weighted by atomic mass is 16.5. The molecule has 40 heavy (non-hydrogen) atoms. The van der Waals surface area contributed by atoms with E-state index in [1.54, 1.807) is 12.4 Å². The number of carbonyl (C=O) groups is 2. The highest BCUT2D eigenvalue weighted by Gasteiger charge is 2.38. The van der Waals surface area contributed by atoms with E-state index in [1.165, 1.54) is 18.2 Å². The van der Waals surface area contributed by atoms with Crippen LogP contribution in [-0.4, -0.2) is 64.0 Å². The van der Waals surface area contributed by atoms with Crippen LogP contribution in [0.5, 0.6) is 0 Å². The number of carbonyl (C=O) groups excluding carboxylic acids is 2. The molecule has 1 aliphatic rings. The van der Waals surface area contributed by atoms with Crippen LogP contribution >= 0.6 is 0 Å². The third kappa shape index (κ3) is 6.41.